The van der Waals surface area contributed by atoms with Crippen molar-refractivity contribution in [2.75, 3.05) is 4.90 Å². The molecule has 2 fully saturated rings. The van der Waals surface area contributed by atoms with Gasteiger partial charge in [-0.3, -0.25) is 19.7 Å². The maximum Gasteiger partial charge on any atom is 0.416 e. The van der Waals surface area contributed by atoms with E-state index in [0.29, 0.717) is 11.0 Å². The lowest BCUT2D eigenvalue weighted by atomic mass is 9.85. The summed E-state index contributed by atoms with van der Waals surface area (Å²) in [5.74, 6) is -1.35. The number of nitro benzene ring substituents is 1. The first-order valence-electron chi connectivity index (χ1n) is 9.85. The second-order valence-electron chi connectivity index (χ2n) is 8.02. The summed E-state index contributed by atoms with van der Waals surface area (Å²) in [6.45, 7) is 0. The van der Waals surface area contributed by atoms with Gasteiger partial charge < -0.3 is 0 Å². The highest BCUT2D eigenvalue weighted by Gasteiger charge is 2.59. The largest absolute Gasteiger partial charge is 0.416 e. The molecule has 6 nitrogen and oxygen atoms in total. The van der Waals surface area contributed by atoms with Crippen LogP contribution in [0, 0.1) is 33.8 Å². The van der Waals surface area contributed by atoms with Crippen LogP contribution in [0.4, 0.5) is 24.5 Å². The summed E-state index contributed by atoms with van der Waals surface area (Å²) in [5.41, 5.74) is -1.53. The highest BCUT2D eigenvalue weighted by molar-refractivity contribution is 7.99. The van der Waals surface area contributed by atoms with Crippen LogP contribution in [-0.2, 0) is 15.8 Å². The zero-order chi connectivity index (χ0) is 22.8. The maximum absolute atomic E-state index is 13.2. The van der Waals surface area contributed by atoms with E-state index in [-0.39, 0.29) is 34.2 Å². The zero-order valence-electron chi connectivity index (χ0n) is 16.3. The van der Waals surface area contributed by atoms with Gasteiger partial charge in [-0.1, -0.05) is 36.0 Å². The number of carbonyl (C=O) groups excluding carboxylic acids is 2. The van der Waals surface area contributed by atoms with Crippen LogP contribution in [0.5, 0.6) is 0 Å². The molecule has 1 aliphatic heterocycles. The van der Waals surface area contributed by atoms with Crippen LogP contribution in [0.2, 0.25) is 0 Å². The highest BCUT2D eigenvalue weighted by Crippen LogP contribution is 2.54. The molecule has 1 saturated carbocycles. The number of nitrogens with zero attached hydrogens (tertiary/aromatic N) is 2. The minimum atomic E-state index is -4.72. The number of rotatable bonds is 4. The van der Waals surface area contributed by atoms with Gasteiger partial charge in [-0.15, -0.1) is 0 Å². The van der Waals surface area contributed by atoms with Gasteiger partial charge in [-0.2, -0.15) is 13.2 Å². The topological polar surface area (TPSA) is 80.5 Å². The van der Waals surface area contributed by atoms with Gasteiger partial charge in [-0.25, -0.2) is 4.90 Å². The van der Waals surface area contributed by atoms with Crippen molar-refractivity contribution in [1.82, 2.24) is 0 Å². The number of halogens is 3. The lowest BCUT2D eigenvalue weighted by molar-refractivity contribution is -0.388. The Balaban J connectivity index is 1.51. The summed E-state index contributed by atoms with van der Waals surface area (Å²) in [7, 11) is 0. The number of nitro groups is 1. The molecule has 1 heterocycles. The van der Waals surface area contributed by atoms with Crippen LogP contribution in [0.15, 0.2) is 64.4 Å². The number of hydrogen-bond donors (Lipinski definition) is 0. The molecule has 0 N–H and O–H groups in total. The molecule has 10 heteroatoms. The van der Waals surface area contributed by atoms with Crippen LogP contribution in [0.25, 0.3) is 0 Å². The van der Waals surface area contributed by atoms with Crippen molar-refractivity contribution < 1.29 is 27.7 Å². The summed E-state index contributed by atoms with van der Waals surface area (Å²) in [6, 6.07) is 8.74. The van der Waals surface area contributed by atoms with E-state index < -0.39 is 34.2 Å². The molecule has 2 aromatic rings. The Kier molecular flexibility index (Phi) is 4.66. The Morgan fingerprint density at radius 2 is 1.59 bits per heavy atom. The molecule has 0 spiro atoms. The van der Waals surface area contributed by atoms with Crippen molar-refractivity contribution in [1.29, 1.82) is 0 Å². The van der Waals surface area contributed by atoms with Crippen LogP contribution in [-0.4, -0.2) is 16.7 Å². The van der Waals surface area contributed by atoms with E-state index in [9.17, 15) is 32.9 Å². The first kappa shape index (κ1) is 20.7. The second-order valence-corrected chi connectivity index (χ2v) is 9.10. The summed E-state index contributed by atoms with van der Waals surface area (Å²) in [4.78, 5) is 38.4. The van der Waals surface area contributed by atoms with E-state index >= 15 is 0 Å². The van der Waals surface area contributed by atoms with E-state index in [1.54, 1.807) is 24.3 Å². The molecule has 4 atom stereocenters. The SMILES string of the molecule is O=C1C2C3C=CC(C3)C2C(=O)N1c1ccccc1Sc1ccc(C(F)(F)F)cc1[N+](=O)[O-]. The van der Waals surface area contributed by atoms with E-state index in [2.05, 4.69) is 0 Å². The molecule has 0 radical (unpaired) electrons. The summed E-state index contributed by atoms with van der Waals surface area (Å²) >= 11 is 0.854. The molecule has 3 aliphatic rings. The van der Waals surface area contributed by atoms with Gasteiger partial charge >= 0.3 is 6.18 Å². The first-order chi connectivity index (χ1) is 15.2. The molecule has 2 aromatic carbocycles. The Labute approximate surface area is 184 Å². The van der Waals surface area contributed by atoms with Gasteiger partial charge in [0.1, 0.15) is 0 Å². The zero-order valence-corrected chi connectivity index (χ0v) is 17.1. The van der Waals surface area contributed by atoms with Crippen molar-refractivity contribution in [3.63, 3.8) is 0 Å². The van der Waals surface area contributed by atoms with Crippen LogP contribution in [0.1, 0.15) is 12.0 Å². The number of para-hydroxylation sites is 1. The van der Waals surface area contributed by atoms with Crippen molar-refractivity contribution in [2.45, 2.75) is 22.4 Å². The van der Waals surface area contributed by atoms with Crippen LogP contribution < -0.4 is 4.90 Å². The molecule has 32 heavy (non-hydrogen) atoms. The molecule has 2 aliphatic carbocycles. The van der Waals surface area contributed by atoms with Gasteiger partial charge in [0.25, 0.3) is 5.69 Å². The van der Waals surface area contributed by atoms with Crippen molar-refractivity contribution in [2.24, 2.45) is 23.7 Å². The van der Waals surface area contributed by atoms with Crippen molar-refractivity contribution in [3.05, 3.63) is 70.3 Å². The number of anilines is 1. The molecular formula is C22H15F3N2O4S. The average molecular weight is 460 g/mol. The Morgan fingerprint density at radius 3 is 2.19 bits per heavy atom. The standard InChI is InChI=1S/C22H15F3N2O4S/c23-22(24,25)13-7-8-17(15(10-13)27(30)31)32-16-4-2-1-3-14(16)26-20(28)18-11-5-6-12(9-11)19(18)21(26)29/h1-8,10-12,18-19H,9H2. The summed E-state index contributed by atoms with van der Waals surface area (Å²) < 4.78 is 39.0. The molecule has 2 bridgehead atoms. The third kappa shape index (κ3) is 3.12. The molecular weight excluding hydrogens is 445 g/mol. The monoisotopic (exact) mass is 460 g/mol. The number of imide groups is 1. The molecule has 5 rings (SSSR count). The van der Waals surface area contributed by atoms with E-state index in [0.717, 1.165) is 35.2 Å². The van der Waals surface area contributed by atoms with Gasteiger partial charge in [0.15, 0.2) is 0 Å². The average Bonchev–Trinajstić information content (AvgIpc) is 3.42. The summed E-state index contributed by atoms with van der Waals surface area (Å²) in [6.07, 6.45) is 0.0275. The predicted octanol–water partition coefficient (Wildman–Crippen LogP) is 5.08. The fourth-order valence-corrected chi connectivity index (χ4v) is 5.93. The Hall–Kier alpha value is -3.14. The Morgan fingerprint density at radius 1 is 0.969 bits per heavy atom. The fraction of sp³-hybridized carbons (Fsp3) is 0.273. The smallest absolute Gasteiger partial charge is 0.274 e. The number of carbonyl (C=O) groups is 2. The number of benzene rings is 2. The van der Waals surface area contributed by atoms with E-state index in [4.69, 9.17) is 0 Å². The third-order valence-electron chi connectivity index (χ3n) is 6.28. The number of fused-ring (bicyclic) bond motifs is 5. The lowest BCUT2D eigenvalue weighted by Crippen LogP contribution is -2.33. The molecule has 0 aromatic heterocycles. The fourth-order valence-electron chi connectivity index (χ4n) is 4.91. The van der Waals surface area contributed by atoms with Gasteiger partial charge in [0.05, 0.1) is 32.9 Å². The van der Waals surface area contributed by atoms with E-state index in [1.807, 2.05) is 12.2 Å². The predicted molar refractivity (Wildman–Crippen MR) is 109 cm³/mol. The van der Waals surface area contributed by atoms with Crippen molar-refractivity contribution in [3.8, 4) is 0 Å². The maximum atomic E-state index is 13.2. The second kappa shape index (κ2) is 7.19. The van der Waals surface area contributed by atoms with E-state index in [1.165, 1.54) is 0 Å². The minimum Gasteiger partial charge on any atom is -0.274 e. The molecule has 2 amide bonds. The van der Waals surface area contributed by atoms with Crippen molar-refractivity contribution >= 4 is 35.0 Å². The third-order valence-corrected chi connectivity index (χ3v) is 7.41. The molecule has 164 valence electrons. The number of alkyl halides is 3. The quantitative estimate of drug-likeness (QED) is 0.275. The van der Waals surface area contributed by atoms with Crippen LogP contribution in [0.3, 0.4) is 0 Å². The highest BCUT2D eigenvalue weighted by atomic mass is 32.2. The van der Waals surface area contributed by atoms with Gasteiger partial charge in [0.2, 0.25) is 11.8 Å². The normalized spacial score (nSPS) is 26.2. The number of amides is 2. The minimum absolute atomic E-state index is 0.0172. The number of allylic oxidation sites excluding steroid dienone is 2. The lowest BCUT2D eigenvalue weighted by Gasteiger charge is -2.20. The number of hydrogen-bond acceptors (Lipinski definition) is 5. The molecule has 4 unspecified atom stereocenters. The molecule has 1 saturated heterocycles. The first-order valence-corrected chi connectivity index (χ1v) is 10.7. The van der Waals surface area contributed by atoms with Gasteiger partial charge in [-0.05, 0) is 42.5 Å². The summed E-state index contributed by atoms with van der Waals surface area (Å²) in [5, 5.41) is 11.4. The Bertz CT molecular complexity index is 1170. The van der Waals surface area contributed by atoms with Gasteiger partial charge in [0, 0.05) is 11.0 Å². The van der Waals surface area contributed by atoms with Crippen LogP contribution >= 0.6 is 11.8 Å².